The van der Waals surface area contributed by atoms with Crippen LogP contribution in [0.4, 0.5) is 4.39 Å². The van der Waals surface area contributed by atoms with Crippen LogP contribution < -0.4 is 11.1 Å². The van der Waals surface area contributed by atoms with Crippen molar-refractivity contribution in [3.63, 3.8) is 0 Å². The molecule has 0 amide bonds. The molecule has 0 atom stereocenters. The van der Waals surface area contributed by atoms with Gasteiger partial charge in [-0.25, -0.2) is 14.1 Å². The van der Waals surface area contributed by atoms with E-state index in [9.17, 15) is 4.39 Å². The number of nitrogens with zero attached hydrogens (tertiary/aromatic N) is 4. The fourth-order valence-corrected chi connectivity index (χ4v) is 2.27. The zero-order chi connectivity index (χ0) is 17.5. The van der Waals surface area contributed by atoms with Crippen LogP contribution in [0.25, 0.3) is 5.69 Å². The van der Waals surface area contributed by atoms with Gasteiger partial charge in [0, 0.05) is 31.1 Å². The van der Waals surface area contributed by atoms with Crippen LogP contribution in [0.15, 0.2) is 65.9 Å². The van der Waals surface area contributed by atoms with Gasteiger partial charge in [0.15, 0.2) is 5.96 Å². The molecule has 3 aromatic rings. The van der Waals surface area contributed by atoms with Crippen molar-refractivity contribution in [3.05, 3.63) is 78.1 Å². The van der Waals surface area contributed by atoms with Crippen LogP contribution in [0.5, 0.6) is 0 Å². The highest BCUT2D eigenvalue weighted by Crippen LogP contribution is 2.09. The van der Waals surface area contributed by atoms with Crippen LogP contribution >= 0.6 is 0 Å². The van der Waals surface area contributed by atoms with Gasteiger partial charge in [-0.05, 0) is 42.5 Å². The number of aromatic nitrogens is 3. The van der Waals surface area contributed by atoms with Crippen molar-refractivity contribution in [1.29, 1.82) is 0 Å². The van der Waals surface area contributed by atoms with E-state index in [4.69, 9.17) is 5.73 Å². The predicted octanol–water partition coefficient (Wildman–Crippen LogP) is 2.05. The molecule has 0 fully saturated rings. The lowest BCUT2D eigenvalue weighted by Crippen LogP contribution is -2.33. The Morgan fingerprint density at radius 1 is 1.12 bits per heavy atom. The predicted molar refractivity (Wildman–Crippen MR) is 94.8 cm³/mol. The lowest BCUT2D eigenvalue weighted by molar-refractivity contribution is 0.627. The second-order valence-electron chi connectivity index (χ2n) is 5.43. The Hall–Kier alpha value is -3.22. The van der Waals surface area contributed by atoms with Gasteiger partial charge >= 0.3 is 0 Å². The number of pyridine rings is 1. The maximum Gasteiger partial charge on any atom is 0.188 e. The molecule has 0 aliphatic carbocycles. The van der Waals surface area contributed by atoms with Crippen LogP contribution in [0.2, 0.25) is 0 Å². The Bertz CT molecular complexity index is 826. The Balaban J connectivity index is 1.50. The summed E-state index contributed by atoms with van der Waals surface area (Å²) in [4.78, 5) is 8.52. The summed E-state index contributed by atoms with van der Waals surface area (Å²) in [5.41, 5.74) is 8.43. The average Bonchev–Trinajstić information content (AvgIpc) is 3.10. The monoisotopic (exact) mass is 338 g/mol. The number of rotatable bonds is 6. The van der Waals surface area contributed by atoms with Crippen molar-refractivity contribution < 1.29 is 4.39 Å². The first-order chi connectivity index (χ1) is 12.2. The van der Waals surface area contributed by atoms with Crippen LogP contribution in [0, 0.1) is 5.82 Å². The van der Waals surface area contributed by atoms with E-state index in [1.807, 2.05) is 30.5 Å². The fraction of sp³-hybridized carbons (Fsp3) is 0.167. The molecular weight excluding hydrogens is 319 g/mol. The molecule has 1 aromatic carbocycles. The standard InChI is InChI=1S/C18H19FN6/c19-14-4-6-17(7-5-14)25-12-9-16(24-25)13-23-18(20)22-11-8-15-3-1-2-10-21-15/h1-7,9-10,12H,8,11,13H2,(H3,20,22,23). The summed E-state index contributed by atoms with van der Waals surface area (Å²) in [5, 5.41) is 7.46. The Morgan fingerprint density at radius 2 is 1.96 bits per heavy atom. The highest BCUT2D eigenvalue weighted by Gasteiger charge is 2.02. The molecule has 25 heavy (non-hydrogen) atoms. The summed E-state index contributed by atoms with van der Waals surface area (Å²) in [6, 6.07) is 13.8. The van der Waals surface area contributed by atoms with Gasteiger partial charge in [-0.3, -0.25) is 4.98 Å². The molecule has 0 saturated carbocycles. The first kappa shape index (κ1) is 16.6. The molecule has 0 spiro atoms. The third kappa shape index (κ3) is 4.87. The quantitative estimate of drug-likeness (QED) is 0.532. The number of halogens is 1. The minimum Gasteiger partial charge on any atom is -0.370 e. The number of hydrogen-bond acceptors (Lipinski definition) is 3. The minimum atomic E-state index is -0.273. The molecule has 2 heterocycles. The lowest BCUT2D eigenvalue weighted by Gasteiger charge is -2.04. The number of aliphatic imine (C=N–C) groups is 1. The number of nitrogens with two attached hydrogens (primary N) is 1. The molecule has 0 unspecified atom stereocenters. The molecule has 6 nitrogen and oxygen atoms in total. The second kappa shape index (κ2) is 8.05. The van der Waals surface area contributed by atoms with Crippen LogP contribution in [-0.4, -0.2) is 27.3 Å². The van der Waals surface area contributed by atoms with E-state index in [2.05, 4.69) is 20.4 Å². The highest BCUT2D eigenvalue weighted by atomic mass is 19.1. The fourth-order valence-electron chi connectivity index (χ4n) is 2.27. The first-order valence-electron chi connectivity index (χ1n) is 7.95. The van der Waals surface area contributed by atoms with Crippen molar-refractivity contribution in [2.75, 3.05) is 6.54 Å². The Kier molecular flexibility index (Phi) is 5.36. The largest absolute Gasteiger partial charge is 0.370 e. The molecule has 3 rings (SSSR count). The molecule has 0 radical (unpaired) electrons. The maximum atomic E-state index is 13.0. The highest BCUT2D eigenvalue weighted by molar-refractivity contribution is 5.77. The van der Waals surface area contributed by atoms with E-state index < -0.39 is 0 Å². The van der Waals surface area contributed by atoms with Gasteiger partial charge in [0.2, 0.25) is 0 Å². The molecule has 0 bridgehead atoms. The zero-order valence-electron chi connectivity index (χ0n) is 13.6. The van der Waals surface area contributed by atoms with E-state index in [0.717, 1.165) is 23.5 Å². The topological polar surface area (TPSA) is 81.1 Å². The van der Waals surface area contributed by atoms with Gasteiger partial charge in [-0.1, -0.05) is 6.07 Å². The molecular formula is C18H19FN6. The molecule has 0 saturated heterocycles. The minimum absolute atomic E-state index is 0.273. The summed E-state index contributed by atoms with van der Waals surface area (Å²) in [5.74, 6) is 0.0949. The van der Waals surface area contributed by atoms with Crippen molar-refractivity contribution in [3.8, 4) is 5.69 Å². The maximum absolute atomic E-state index is 13.0. The summed E-state index contributed by atoms with van der Waals surface area (Å²) in [6.07, 6.45) is 4.35. The summed E-state index contributed by atoms with van der Waals surface area (Å²) < 4.78 is 14.6. The van der Waals surface area contributed by atoms with E-state index in [-0.39, 0.29) is 5.82 Å². The van der Waals surface area contributed by atoms with E-state index in [1.165, 1.54) is 12.1 Å². The average molecular weight is 338 g/mol. The summed E-state index contributed by atoms with van der Waals surface area (Å²) >= 11 is 0. The SMILES string of the molecule is NC(=NCc1ccn(-c2ccc(F)cc2)n1)NCCc1ccccn1. The third-order valence-corrected chi connectivity index (χ3v) is 3.56. The summed E-state index contributed by atoms with van der Waals surface area (Å²) in [6.45, 7) is 1.03. The van der Waals surface area contributed by atoms with Crippen LogP contribution in [0.1, 0.15) is 11.4 Å². The number of nitrogens with one attached hydrogen (secondary N) is 1. The van der Waals surface area contributed by atoms with Gasteiger partial charge in [0.1, 0.15) is 5.82 Å². The first-order valence-corrected chi connectivity index (χ1v) is 7.95. The van der Waals surface area contributed by atoms with Crippen LogP contribution in [0.3, 0.4) is 0 Å². The molecule has 0 aliphatic rings. The van der Waals surface area contributed by atoms with Gasteiger partial charge in [0.25, 0.3) is 0 Å². The molecule has 3 N–H and O–H groups in total. The van der Waals surface area contributed by atoms with Crippen LogP contribution in [-0.2, 0) is 13.0 Å². The normalized spacial score (nSPS) is 11.5. The zero-order valence-corrected chi connectivity index (χ0v) is 13.6. The third-order valence-electron chi connectivity index (χ3n) is 3.56. The number of benzene rings is 1. The van der Waals surface area contributed by atoms with Gasteiger partial charge in [-0.15, -0.1) is 0 Å². The van der Waals surface area contributed by atoms with E-state index in [1.54, 1.807) is 23.0 Å². The molecule has 0 aliphatic heterocycles. The Labute approximate surface area is 145 Å². The van der Waals surface area contributed by atoms with E-state index in [0.29, 0.717) is 19.0 Å². The smallest absolute Gasteiger partial charge is 0.188 e. The van der Waals surface area contributed by atoms with Crippen molar-refractivity contribution in [2.24, 2.45) is 10.7 Å². The Morgan fingerprint density at radius 3 is 2.72 bits per heavy atom. The number of guanidine groups is 1. The second-order valence-corrected chi connectivity index (χ2v) is 5.43. The molecule has 2 aromatic heterocycles. The summed E-state index contributed by atoms with van der Waals surface area (Å²) in [7, 11) is 0. The van der Waals surface area contributed by atoms with Gasteiger partial charge < -0.3 is 11.1 Å². The van der Waals surface area contributed by atoms with Gasteiger partial charge in [-0.2, -0.15) is 5.10 Å². The van der Waals surface area contributed by atoms with Crippen molar-refractivity contribution in [2.45, 2.75) is 13.0 Å². The van der Waals surface area contributed by atoms with Crippen molar-refractivity contribution in [1.82, 2.24) is 20.1 Å². The van der Waals surface area contributed by atoms with Gasteiger partial charge in [0.05, 0.1) is 17.9 Å². The van der Waals surface area contributed by atoms with Crippen molar-refractivity contribution >= 4 is 5.96 Å². The van der Waals surface area contributed by atoms with E-state index >= 15 is 0 Å². The molecule has 128 valence electrons. The molecule has 7 heteroatoms. The lowest BCUT2D eigenvalue weighted by atomic mass is 10.3. The number of hydrogen-bond donors (Lipinski definition) is 2.